The van der Waals surface area contributed by atoms with Gasteiger partial charge < -0.3 is 5.32 Å². The Bertz CT molecular complexity index is 851. The molecule has 1 fully saturated rings. The molecule has 3 aromatic heterocycles. The third-order valence-corrected chi connectivity index (χ3v) is 5.03. The van der Waals surface area contributed by atoms with Gasteiger partial charge in [0, 0.05) is 18.0 Å². The number of nitrogens with one attached hydrogen (secondary N) is 1. The lowest BCUT2D eigenvalue weighted by atomic mass is 10.1. The Morgan fingerprint density at radius 2 is 2.14 bits per heavy atom. The van der Waals surface area contributed by atoms with Gasteiger partial charge in [0.2, 0.25) is 0 Å². The Morgan fingerprint density at radius 1 is 1.27 bits per heavy atom. The largest absolute Gasteiger partial charge is 0.317 e. The summed E-state index contributed by atoms with van der Waals surface area (Å²) in [5.74, 6) is 0. The number of rotatable bonds is 2. The van der Waals surface area contributed by atoms with Crippen molar-refractivity contribution in [1.82, 2.24) is 25.1 Å². The van der Waals surface area contributed by atoms with E-state index in [0.29, 0.717) is 10.2 Å². The highest BCUT2D eigenvalue weighted by molar-refractivity contribution is 7.21. The molecule has 0 saturated carbocycles. The summed E-state index contributed by atoms with van der Waals surface area (Å²) in [6, 6.07) is 4.00. The summed E-state index contributed by atoms with van der Waals surface area (Å²) >= 11 is 1.42. The summed E-state index contributed by atoms with van der Waals surface area (Å²) in [6.07, 6.45) is 7.06. The van der Waals surface area contributed by atoms with E-state index >= 15 is 0 Å². The Labute approximate surface area is 130 Å². The highest BCUT2D eigenvalue weighted by Gasteiger charge is 2.19. The Hall–Kier alpha value is -2.12. The molecule has 1 aliphatic heterocycles. The van der Waals surface area contributed by atoms with Crippen LogP contribution in [0.5, 0.6) is 0 Å². The molecule has 0 amide bonds. The van der Waals surface area contributed by atoms with E-state index in [4.69, 9.17) is 0 Å². The number of piperidine rings is 1. The molecule has 4 rings (SSSR count). The van der Waals surface area contributed by atoms with Crippen LogP contribution in [0.4, 0.5) is 0 Å². The normalized spacial score (nSPS) is 16.2. The first-order valence-corrected chi connectivity index (χ1v) is 8.14. The Morgan fingerprint density at radius 3 is 2.91 bits per heavy atom. The molecule has 112 valence electrons. The van der Waals surface area contributed by atoms with Crippen molar-refractivity contribution in [2.24, 2.45) is 0 Å². The fraction of sp³-hybridized carbons (Fsp3) is 0.333. The first-order chi connectivity index (χ1) is 10.8. The van der Waals surface area contributed by atoms with Crippen LogP contribution in [0, 0.1) is 0 Å². The number of hydrogen-bond acceptors (Lipinski definition) is 6. The van der Waals surface area contributed by atoms with E-state index in [2.05, 4.69) is 20.4 Å². The molecule has 0 radical (unpaired) electrons. The van der Waals surface area contributed by atoms with E-state index in [1.165, 1.54) is 11.3 Å². The fourth-order valence-electron chi connectivity index (χ4n) is 2.77. The molecule has 3 aromatic rings. The van der Waals surface area contributed by atoms with E-state index in [9.17, 15) is 4.79 Å². The van der Waals surface area contributed by atoms with Gasteiger partial charge in [-0.05, 0) is 38.1 Å². The first kappa shape index (κ1) is 13.5. The van der Waals surface area contributed by atoms with Crippen LogP contribution in [0.2, 0.25) is 0 Å². The highest BCUT2D eigenvalue weighted by Crippen LogP contribution is 2.27. The van der Waals surface area contributed by atoms with Crippen LogP contribution < -0.4 is 10.9 Å². The molecule has 0 spiro atoms. The molecule has 4 heterocycles. The average Bonchev–Trinajstić information content (AvgIpc) is 3.02. The zero-order chi connectivity index (χ0) is 14.9. The number of fused-ring (bicyclic) bond motifs is 1. The third kappa shape index (κ3) is 2.32. The Kier molecular flexibility index (Phi) is 3.44. The van der Waals surface area contributed by atoms with Crippen molar-refractivity contribution in [3.8, 4) is 10.6 Å². The molecule has 7 heteroatoms. The van der Waals surface area contributed by atoms with Gasteiger partial charge in [-0.1, -0.05) is 0 Å². The van der Waals surface area contributed by atoms with Crippen LogP contribution in [0.3, 0.4) is 0 Å². The second kappa shape index (κ2) is 5.58. The standard InChI is InChI=1S/C15H15N5OS/c21-15-13-12(9-18-20(15)11-3-6-16-7-4-11)19-14(22-13)10-2-1-5-17-8-10/h1-2,5,8-9,11,16H,3-4,6-7H2. The molecule has 0 atom stereocenters. The second-order valence-corrected chi connectivity index (χ2v) is 6.35. The maximum atomic E-state index is 12.7. The van der Waals surface area contributed by atoms with E-state index < -0.39 is 0 Å². The average molecular weight is 313 g/mol. The van der Waals surface area contributed by atoms with Crippen LogP contribution in [0.25, 0.3) is 20.8 Å². The molecule has 1 saturated heterocycles. The van der Waals surface area contributed by atoms with Gasteiger partial charge in [0.25, 0.3) is 5.56 Å². The van der Waals surface area contributed by atoms with Gasteiger partial charge in [-0.15, -0.1) is 11.3 Å². The minimum absolute atomic E-state index is 0.0305. The van der Waals surface area contributed by atoms with Crippen molar-refractivity contribution in [2.45, 2.75) is 18.9 Å². The molecule has 22 heavy (non-hydrogen) atoms. The molecule has 1 aliphatic rings. The molecule has 6 nitrogen and oxygen atoms in total. The fourth-order valence-corrected chi connectivity index (χ4v) is 3.73. The van der Waals surface area contributed by atoms with Gasteiger partial charge in [-0.25, -0.2) is 9.67 Å². The summed E-state index contributed by atoms with van der Waals surface area (Å²) in [5.41, 5.74) is 1.56. The van der Waals surface area contributed by atoms with E-state index in [0.717, 1.165) is 36.5 Å². The lowest BCUT2D eigenvalue weighted by Crippen LogP contribution is -2.35. The van der Waals surface area contributed by atoms with Gasteiger partial charge in [0.1, 0.15) is 15.2 Å². The lowest BCUT2D eigenvalue weighted by Gasteiger charge is -2.23. The maximum absolute atomic E-state index is 12.7. The third-order valence-electron chi connectivity index (χ3n) is 3.92. The van der Waals surface area contributed by atoms with Gasteiger partial charge >= 0.3 is 0 Å². The minimum Gasteiger partial charge on any atom is -0.317 e. The molecule has 0 bridgehead atoms. The maximum Gasteiger partial charge on any atom is 0.286 e. The molecule has 0 unspecified atom stereocenters. The topological polar surface area (TPSA) is 72.7 Å². The number of nitrogens with zero attached hydrogens (tertiary/aromatic N) is 4. The van der Waals surface area contributed by atoms with Crippen molar-refractivity contribution in [1.29, 1.82) is 0 Å². The number of pyridine rings is 1. The van der Waals surface area contributed by atoms with Crippen LogP contribution in [-0.2, 0) is 0 Å². The number of aromatic nitrogens is 4. The molecular weight excluding hydrogens is 298 g/mol. The molecule has 0 aliphatic carbocycles. The van der Waals surface area contributed by atoms with E-state index in [-0.39, 0.29) is 11.6 Å². The predicted molar refractivity (Wildman–Crippen MR) is 86.0 cm³/mol. The van der Waals surface area contributed by atoms with E-state index in [1.54, 1.807) is 23.3 Å². The summed E-state index contributed by atoms with van der Waals surface area (Å²) in [6.45, 7) is 1.86. The highest BCUT2D eigenvalue weighted by atomic mass is 32.1. The van der Waals surface area contributed by atoms with Gasteiger partial charge in [-0.3, -0.25) is 9.78 Å². The monoisotopic (exact) mass is 313 g/mol. The minimum atomic E-state index is -0.0305. The van der Waals surface area contributed by atoms with Gasteiger partial charge in [0.05, 0.1) is 12.2 Å². The quantitative estimate of drug-likeness (QED) is 0.781. The van der Waals surface area contributed by atoms with Gasteiger partial charge in [-0.2, -0.15) is 5.10 Å². The van der Waals surface area contributed by atoms with E-state index in [1.807, 2.05) is 12.1 Å². The summed E-state index contributed by atoms with van der Waals surface area (Å²) in [5, 5.41) is 8.46. The second-order valence-electron chi connectivity index (χ2n) is 5.35. The zero-order valence-corrected chi connectivity index (χ0v) is 12.7. The van der Waals surface area contributed by atoms with Crippen molar-refractivity contribution >= 4 is 21.6 Å². The predicted octanol–water partition coefficient (Wildman–Crippen LogP) is 1.84. The van der Waals surface area contributed by atoms with Crippen molar-refractivity contribution in [3.63, 3.8) is 0 Å². The Balaban J connectivity index is 1.80. The summed E-state index contributed by atoms with van der Waals surface area (Å²) in [4.78, 5) is 21.3. The lowest BCUT2D eigenvalue weighted by molar-refractivity contribution is 0.333. The summed E-state index contributed by atoms with van der Waals surface area (Å²) in [7, 11) is 0. The number of hydrogen-bond donors (Lipinski definition) is 1. The first-order valence-electron chi connectivity index (χ1n) is 7.32. The molecule has 1 N–H and O–H groups in total. The van der Waals surface area contributed by atoms with Gasteiger partial charge in [0.15, 0.2) is 0 Å². The van der Waals surface area contributed by atoms with Crippen LogP contribution >= 0.6 is 11.3 Å². The zero-order valence-electron chi connectivity index (χ0n) is 11.9. The summed E-state index contributed by atoms with van der Waals surface area (Å²) < 4.78 is 2.31. The van der Waals surface area contributed by atoms with Crippen molar-refractivity contribution in [2.75, 3.05) is 13.1 Å². The molecule has 0 aromatic carbocycles. The van der Waals surface area contributed by atoms with Crippen molar-refractivity contribution < 1.29 is 0 Å². The number of thiazole rings is 1. The van der Waals surface area contributed by atoms with Crippen LogP contribution in [0.1, 0.15) is 18.9 Å². The van der Waals surface area contributed by atoms with Crippen molar-refractivity contribution in [3.05, 3.63) is 41.1 Å². The van der Waals surface area contributed by atoms with Crippen LogP contribution in [0.15, 0.2) is 35.5 Å². The smallest absolute Gasteiger partial charge is 0.286 e. The van der Waals surface area contributed by atoms with Crippen LogP contribution in [-0.4, -0.2) is 32.8 Å². The SMILES string of the molecule is O=c1c2sc(-c3cccnc3)nc2cnn1C1CCNCC1. The molecular formula is C15H15N5OS.